The van der Waals surface area contributed by atoms with Gasteiger partial charge in [-0.25, -0.2) is 26.3 Å². The first-order valence-corrected chi connectivity index (χ1v) is 14.3. The normalized spacial score (nSPS) is 14.6. The Morgan fingerprint density at radius 1 is 0.750 bits per heavy atom. The van der Waals surface area contributed by atoms with E-state index in [1.807, 2.05) is 0 Å². The van der Waals surface area contributed by atoms with Gasteiger partial charge < -0.3 is 14.8 Å². The van der Waals surface area contributed by atoms with Gasteiger partial charge in [-0.3, -0.25) is 14.6 Å². The first-order chi connectivity index (χ1) is 21.0. The molecule has 1 aliphatic heterocycles. The van der Waals surface area contributed by atoms with Crippen molar-refractivity contribution < 1.29 is 45.4 Å². The number of piperidine rings is 1. The van der Waals surface area contributed by atoms with Crippen LogP contribution in [-0.4, -0.2) is 43.2 Å². The highest BCUT2D eigenvalue weighted by molar-refractivity contribution is 5.78. The third-order valence-corrected chi connectivity index (χ3v) is 7.26. The molecule has 238 valence electrons. The molecule has 6 nitrogen and oxygen atoms in total. The van der Waals surface area contributed by atoms with Crippen LogP contribution in [0.1, 0.15) is 49.3 Å². The van der Waals surface area contributed by atoms with Gasteiger partial charge in [0.1, 0.15) is 11.6 Å². The molecule has 1 N–H and O–H groups in total. The molecule has 0 bridgehead atoms. The molecule has 44 heavy (non-hydrogen) atoms. The maximum Gasteiger partial charge on any atom is 0.313 e. The Bertz CT molecular complexity index is 1400. The minimum atomic E-state index is -1.27. The minimum Gasteiger partial charge on any atom is -0.466 e. The second-order valence-electron chi connectivity index (χ2n) is 10.2. The summed E-state index contributed by atoms with van der Waals surface area (Å²) in [4.78, 5) is 28.1. The number of hydrogen-bond acceptors (Lipinski definition) is 6. The van der Waals surface area contributed by atoms with Gasteiger partial charge in [-0.05, 0) is 99.5 Å². The van der Waals surface area contributed by atoms with Crippen LogP contribution >= 0.6 is 0 Å². The predicted molar refractivity (Wildman–Crippen MR) is 149 cm³/mol. The summed E-state index contributed by atoms with van der Waals surface area (Å²) in [6, 6.07) is 5.78. The molecule has 2 unspecified atom stereocenters. The molecule has 0 saturated carbocycles. The van der Waals surface area contributed by atoms with Crippen LogP contribution in [0.5, 0.6) is 0 Å². The van der Waals surface area contributed by atoms with Crippen molar-refractivity contribution in [3.63, 3.8) is 0 Å². The van der Waals surface area contributed by atoms with Gasteiger partial charge in [0, 0.05) is 24.5 Å². The van der Waals surface area contributed by atoms with Crippen LogP contribution < -0.4 is 5.32 Å². The fraction of sp³-hybridized carbons (Fsp3) is 0.406. The highest BCUT2D eigenvalue weighted by Crippen LogP contribution is 2.29. The lowest BCUT2D eigenvalue weighted by atomic mass is 9.81. The lowest BCUT2D eigenvalue weighted by Gasteiger charge is -2.29. The Kier molecular flexibility index (Phi) is 13.2. The van der Waals surface area contributed by atoms with Gasteiger partial charge in [-0.15, -0.1) is 0 Å². The average Bonchev–Trinajstić information content (AvgIpc) is 3.01. The number of nitrogens with zero attached hydrogens (tertiary/aromatic N) is 1. The van der Waals surface area contributed by atoms with Crippen molar-refractivity contribution in [2.75, 3.05) is 26.3 Å². The molecule has 0 radical (unpaired) electrons. The van der Waals surface area contributed by atoms with Gasteiger partial charge in [0.05, 0.1) is 25.0 Å². The molecule has 0 amide bonds. The molecule has 2 heterocycles. The molecular formula is C32H34F6N2O4. The smallest absolute Gasteiger partial charge is 0.313 e. The fourth-order valence-corrected chi connectivity index (χ4v) is 5.01. The van der Waals surface area contributed by atoms with E-state index in [2.05, 4.69) is 10.3 Å². The molecule has 1 aromatic heterocycles. The van der Waals surface area contributed by atoms with Crippen molar-refractivity contribution in [1.29, 1.82) is 0 Å². The van der Waals surface area contributed by atoms with Crippen molar-refractivity contribution in [2.45, 2.75) is 45.4 Å². The summed E-state index contributed by atoms with van der Waals surface area (Å²) in [6.07, 6.45) is 4.41. The summed E-state index contributed by atoms with van der Waals surface area (Å²) in [5, 5.41) is 3.20. The van der Waals surface area contributed by atoms with E-state index < -0.39 is 58.7 Å². The van der Waals surface area contributed by atoms with E-state index in [9.17, 15) is 35.9 Å². The van der Waals surface area contributed by atoms with Gasteiger partial charge in [0.2, 0.25) is 0 Å². The molecule has 0 aliphatic carbocycles. The first-order valence-electron chi connectivity index (χ1n) is 14.3. The molecular weight excluding hydrogens is 590 g/mol. The second-order valence-corrected chi connectivity index (χ2v) is 10.2. The molecule has 1 saturated heterocycles. The van der Waals surface area contributed by atoms with E-state index >= 15 is 0 Å². The summed E-state index contributed by atoms with van der Waals surface area (Å²) in [5.41, 5.74) is 0.488. The Balaban J connectivity index is 0.000000240. The highest BCUT2D eigenvalue weighted by atomic mass is 19.2. The Morgan fingerprint density at radius 3 is 1.75 bits per heavy atom. The third-order valence-electron chi connectivity index (χ3n) is 7.26. The van der Waals surface area contributed by atoms with Gasteiger partial charge in [-0.1, -0.05) is 0 Å². The first kappa shape index (κ1) is 34.6. The number of pyridine rings is 1. The van der Waals surface area contributed by atoms with Gasteiger partial charge in [-0.2, -0.15) is 0 Å². The van der Waals surface area contributed by atoms with Crippen LogP contribution in [-0.2, 0) is 31.9 Å². The largest absolute Gasteiger partial charge is 0.466 e. The third kappa shape index (κ3) is 9.54. The number of carbonyl (C=O) groups is 2. The van der Waals surface area contributed by atoms with Crippen molar-refractivity contribution in [3.05, 3.63) is 100 Å². The molecule has 12 heteroatoms. The Labute approximate surface area is 251 Å². The van der Waals surface area contributed by atoms with E-state index in [-0.39, 0.29) is 43.1 Å². The SMILES string of the molecule is CCOC(=O)C(Cc1cc(F)c(F)cc1F)C1CCNCC1.CCOC(=O)C(Cc1cc(F)c(F)cc1F)c1ccncc1. The maximum atomic E-state index is 13.8. The van der Waals surface area contributed by atoms with Crippen LogP contribution in [0.2, 0.25) is 0 Å². The van der Waals surface area contributed by atoms with Crippen LogP contribution in [0.3, 0.4) is 0 Å². The number of benzene rings is 2. The number of nitrogens with one attached hydrogen (secondary N) is 1. The summed E-state index contributed by atoms with van der Waals surface area (Å²) < 4.78 is 90.3. The second kappa shape index (κ2) is 16.8. The van der Waals surface area contributed by atoms with Gasteiger partial charge in [0.15, 0.2) is 23.3 Å². The average molecular weight is 625 g/mol. The highest BCUT2D eigenvalue weighted by Gasteiger charge is 2.32. The maximum absolute atomic E-state index is 13.8. The summed E-state index contributed by atoms with van der Waals surface area (Å²) in [6.45, 7) is 5.32. The number of rotatable bonds is 10. The number of hydrogen-bond donors (Lipinski definition) is 1. The van der Waals surface area contributed by atoms with Crippen molar-refractivity contribution in [1.82, 2.24) is 10.3 Å². The zero-order valence-electron chi connectivity index (χ0n) is 24.4. The number of halogens is 6. The molecule has 2 atom stereocenters. The lowest BCUT2D eigenvalue weighted by molar-refractivity contribution is -0.150. The Morgan fingerprint density at radius 2 is 1.23 bits per heavy atom. The van der Waals surface area contributed by atoms with E-state index in [1.165, 1.54) is 12.4 Å². The monoisotopic (exact) mass is 624 g/mol. The summed E-state index contributed by atoms with van der Waals surface area (Å²) in [5.74, 6) is -8.76. The van der Waals surface area contributed by atoms with E-state index in [4.69, 9.17) is 9.47 Å². The van der Waals surface area contributed by atoms with E-state index in [0.29, 0.717) is 17.7 Å². The molecule has 3 aromatic rings. The standard InChI is InChI=1S/C16H20F3NO2.C16H14F3NO2/c2*1-2-22-16(21)12(10-3-5-20-6-4-10)7-11-8-14(18)15(19)9-13(11)17/h8-10,12,20H,2-7H2,1H3;3-6,8-9,12H,2,7H2,1H3. The topological polar surface area (TPSA) is 77.5 Å². The number of aromatic nitrogens is 1. The van der Waals surface area contributed by atoms with E-state index in [1.54, 1.807) is 26.0 Å². The molecule has 1 fully saturated rings. The lowest BCUT2D eigenvalue weighted by Crippen LogP contribution is -2.36. The predicted octanol–water partition coefficient (Wildman–Crippen LogP) is 6.21. The van der Waals surface area contributed by atoms with Gasteiger partial charge in [0.25, 0.3) is 0 Å². The zero-order chi connectivity index (χ0) is 32.2. The number of esters is 2. The Hall–Kier alpha value is -3.93. The van der Waals surface area contributed by atoms with Crippen molar-refractivity contribution >= 4 is 11.9 Å². The molecule has 4 rings (SSSR count). The van der Waals surface area contributed by atoms with Crippen molar-refractivity contribution in [2.24, 2.45) is 11.8 Å². The number of carbonyl (C=O) groups excluding carboxylic acids is 2. The van der Waals surface area contributed by atoms with Crippen LogP contribution in [0.15, 0.2) is 48.8 Å². The van der Waals surface area contributed by atoms with E-state index in [0.717, 1.165) is 38.1 Å². The van der Waals surface area contributed by atoms with Crippen LogP contribution in [0.25, 0.3) is 0 Å². The van der Waals surface area contributed by atoms with Crippen LogP contribution in [0.4, 0.5) is 26.3 Å². The summed E-state index contributed by atoms with van der Waals surface area (Å²) in [7, 11) is 0. The van der Waals surface area contributed by atoms with Crippen molar-refractivity contribution in [3.8, 4) is 0 Å². The molecule has 1 aliphatic rings. The number of ether oxygens (including phenoxy) is 2. The summed E-state index contributed by atoms with van der Waals surface area (Å²) >= 11 is 0. The molecule has 2 aromatic carbocycles. The fourth-order valence-electron chi connectivity index (χ4n) is 5.01. The van der Waals surface area contributed by atoms with Gasteiger partial charge >= 0.3 is 11.9 Å². The molecule has 0 spiro atoms. The minimum absolute atomic E-state index is 0.00971. The zero-order valence-corrected chi connectivity index (χ0v) is 24.4. The van der Waals surface area contributed by atoms with Crippen LogP contribution in [0, 0.1) is 46.7 Å². The quantitative estimate of drug-likeness (QED) is 0.164.